The highest BCUT2D eigenvalue weighted by atomic mass is 35.5. The van der Waals surface area contributed by atoms with Crippen LogP contribution < -0.4 is 0 Å². The normalized spacial score (nSPS) is 14.2. The van der Waals surface area contributed by atoms with E-state index in [1.165, 1.54) is 0 Å². The van der Waals surface area contributed by atoms with Crippen LogP contribution in [-0.2, 0) is 4.74 Å². The first kappa shape index (κ1) is 14.3. The van der Waals surface area contributed by atoms with Crippen molar-refractivity contribution in [1.29, 1.82) is 0 Å². The summed E-state index contributed by atoms with van der Waals surface area (Å²) in [5, 5.41) is 0. The average Bonchev–Trinajstić information content (AvgIpc) is 1.87. The summed E-state index contributed by atoms with van der Waals surface area (Å²) in [5.41, 5.74) is 0. The van der Waals surface area contributed by atoms with Crippen LogP contribution in [0.25, 0.3) is 0 Å². The second kappa shape index (κ2) is 8.82. The lowest BCUT2D eigenvalue weighted by molar-refractivity contribution is 0.0123. The lowest BCUT2D eigenvalue weighted by Crippen LogP contribution is -2.15. The van der Waals surface area contributed by atoms with Gasteiger partial charge in [-0.05, 0) is 26.7 Å². The number of halogens is 1. The summed E-state index contributed by atoms with van der Waals surface area (Å²) in [7, 11) is 0. The molecule has 1 nitrogen and oxygen atoms in total. The Bertz CT molecular complexity index is 109. The molecular formula is C10H19ClO. The Morgan fingerprint density at radius 3 is 1.67 bits per heavy atom. The fraction of sp³-hybridized carbons (Fsp3) is 0.600. The van der Waals surface area contributed by atoms with Gasteiger partial charge in [0, 0.05) is 0 Å². The van der Waals surface area contributed by atoms with Crippen LogP contribution in [0.3, 0.4) is 0 Å². The molecule has 0 bridgehead atoms. The van der Waals surface area contributed by atoms with Crippen molar-refractivity contribution in [3.8, 4) is 0 Å². The minimum absolute atomic E-state index is 0. The molecule has 0 aliphatic carbocycles. The van der Waals surface area contributed by atoms with Crippen molar-refractivity contribution < 1.29 is 4.74 Å². The Kier molecular flexibility index (Phi) is 10.5. The fourth-order valence-corrected chi connectivity index (χ4v) is 0.977. The Balaban J connectivity index is 0. The van der Waals surface area contributed by atoms with Gasteiger partial charge < -0.3 is 4.74 Å². The topological polar surface area (TPSA) is 9.23 Å². The molecule has 72 valence electrons. The van der Waals surface area contributed by atoms with E-state index in [0.717, 1.165) is 12.8 Å². The molecule has 2 heteroatoms. The van der Waals surface area contributed by atoms with Crippen LogP contribution in [0.15, 0.2) is 25.3 Å². The van der Waals surface area contributed by atoms with Crippen molar-refractivity contribution in [3.63, 3.8) is 0 Å². The molecule has 0 aromatic heterocycles. The van der Waals surface area contributed by atoms with Gasteiger partial charge in [-0.15, -0.1) is 25.6 Å². The zero-order valence-electron chi connectivity index (χ0n) is 7.95. The molecule has 0 N–H and O–H groups in total. The highest BCUT2D eigenvalue weighted by Crippen LogP contribution is 2.05. The molecular weight excluding hydrogens is 172 g/mol. The van der Waals surface area contributed by atoms with Gasteiger partial charge in [0.25, 0.3) is 0 Å². The van der Waals surface area contributed by atoms with Gasteiger partial charge in [0.15, 0.2) is 0 Å². The Hall–Kier alpha value is -0.270. The molecule has 0 aliphatic heterocycles. The third kappa shape index (κ3) is 7.83. The van der Waals surface area contributed by atoms with Crippen molar-refractivity contribution in [2.45, 2.75) is 38.9 Å². The maximum atomic E-state index is 5.59. The van der Waals surface area contributed by atoms with Crippen LogP contribution in [0.2, 0.25) is 0 Å². The second-order valence-electron chi connectivity index (χ2n) is 2.81. The van der Waals surface area contributed by atoms with E-state index in [0.29, 0.717) is 0 Å². The molecule has 0 heterocycles. The molecule has 0 aliphatic rings. The second-order valence-corrected chi connectivity index (χ2v) is 2.81. The highest BCUT2D eigenvalue weighted by Gasteiger charge is 2.04. The molecule has 0 amide bonds. The largest absolute Gasteiger partial charge is 0.375 e. The van der Waals surface area contributed by atoms with E-state index < -0.39 is 0 Å². The van der Waals surface area contributed by atoms with Gasteiger partial charge in [-0.2, -0.15) is 0 Å². The van der Waals surface area contributed by atoms with Crippen molar-refractivity contribution in [3.05, 3.63) is 25.3 Å². The van der Waals surface area contributed by atoms with Gasteiger partial charge in [-0.3, -0.25) is 0 Å². The van der Waals surface area contributed by atoms with Gasteiger partial charge in [0.1, 0.15) is 0 Å². The van der Waals surface area contributed by atoms with Crippen LogP contribution in [-0.4, -0.2) is 12.2 Å². The average molecular weight is 191 g/mol. The van der Waals surface area contributed by atoms with Crippen molar-refractivity contribution >= 4 is 12.4 Å². The van der Waals surface area contributed by atoms with Gasteiger partial charge in [0.05, 0.1) is 12.2 Å². The SMILES string of the molecule is C=CCC(C)OC(C)CC=C.Cl. The summed E-state index contributed by atoms with van der Waals surface area (Å²) in [6.07, 6.45) is 6.16. The zero-order valence-corrected chi connectivity index (χ0v) is 8.77. The molecule has 0 radical (unpaired) electrons. The van der Waals surface area contributed by atoms with E-state index in [9.17, 15) is 0 Å². The Morgan fingerprint density at radius 1 is 1.08 bits per heavy atom. The molecule has 0 saturated heterocycles. The lowest BCUT2D eigenvalue weighted by Gasteiger charge is -2.16. The quantitative estimate of drug-likeness (QED) is 0.584. The van der Waals surface area contributed by atoms with E-state index in [4.69, 9.17) is 4.74 Å². The molecule has 0 saturated carbocycles. The Morgan fingerprint density at radius 2 is 1.42 bits per heavy atom. The van der Waals surface area contributed by atoms with E-state index in [1.807, 2.05) is 12.2 Å². The van der Waals surface area contributed by atoms with Crippen LogP contribution in [0.4, 0.5) is 0 Å². The van der Waals surface area contributed by atoms with Gasteiger partial charge in [0.2, 0.25) is 0 Å². The summed E-state index contributed by atoms with van der Waals surface area (Å²) >= 11 is 0. The molecule has 2 atom stereocenters. The highest BCUT2D eigenvalue weighted by molar-refractivity contribution is 5.85. The van der Waals surface area contributed by atoms with Crippen molar-refractivity contribution in [2.24, 2.45) is 0 Å². The van der Waals surface area contributed by atoms with E-state index in [1.54, 1.807) is 0 Å². The van der Waals surface area contributed by atoms with Crippen LogP contribution >= 0.6 is 12.4 Å². The molecule has 12 heavy (non-hydrogen) atoms. The summed E-state index contributed by atoms with van der Waals surface area (Å²) < 4.78 is 5.59. The molecule has 0 aromatic carbocycles. The first-order valence-electron chi connectivity index (χ1n) is 4.08. The van der Waals surface area contributed by atoms with Crippen LogP contribution in [0, 0.1) is 0 Å². The third-order valence-electron chi connectivity index (χ3n) is 1.46. The van der Waals surface area contributed by atoms with Crippen molar-refractivity contribution in [2.75, 3.05) is 0 Å². The van der Waals surface area contributed by atoms with Crippen LogP contribution in [0.1, 0.15) is 26.7 Å². The standard InChI is InChI=1S/C10H18O.ClH/c1-5-7-9(3)11-10(4)8-6-2;/h5-6,9-10H,1-2,7-8H2,3-4H3;1H. The first-order chi connectivity index (χ1) is 5.20. The summed E-state index contributed by atoms with van der Waals surface area (Å²) in [6, 6.07) is 0. The van der Waals surface area contributed by atoms with E-state index >= 15 is 0 Å². The maximum Gasteiger partial charge on any atom is 0.0585 e. The molecule has 0 aromatic rings. The molecule has 0 fully saturated rings. The lowest BCUT2D eigenvalue weighted by atomic mass is 10.2. The van der Waals surface area contributed by atoms with Crippen molar-refractivity contribution in [1.82, 2.24) is 0 Å². The van der Waals surface area contributed by atoms with Gasteiger partial charge in [-0.1, -0.05) is 12.2 Å². The summed E-state index contributed by atoms with van der Waals surface area (Å²) in [6.45, 7) is 11.4. The Labute approximate surface area is 81.9 Å². The summed E-state index contributed by atoms with van der Waals surface area (Å²) in [5.74, 6) is 0. The minimum Gasteiger partial charge on any atom is -0.375 e. The molecule has 2 unspecified atom stereocenters. The fourth-order valence-electron chi connectivity index (χ4n) is 0.977. The monoisotopic (exact) mass is 190 g/mol. The first-order valence-corrected chi connectivity index (χ1v) is 4.08. The van der Waals surface area contributed by atoms with E-state index in [2.05, 4.69) is 27.0 Å². The van der Waals surface area contributed by atoms with Gasteiger partial charge in [-0.25, -0.2) is 0 Å². The number of hydrogen-bond acceptors (Lipinski definition) is 1. The predicted octanol–water partition coefficient (Wildman–Crippen LogP) is 3.35. The third-order valence-corrected chi connectivity index (χ3v) is 1.46. The molecule has 0 spiro atoms. The van der Waals surface area contributed by atoms with Gasteiger partial charge >= 0.3 is 0 Å². The summed E-state index contributed by atoms with van der Waals surface area (Å²) in [4.78, 5) is 0. The van der Waals surface area contributed by atoms with Crippen LogP contribution in [0.5, 0.6) is 0 Å². The maximum absolute atomic E-state index is 5.59. The zero-order chi connectivity index (χ0) is 8.69. The predicted molar refractivity (Wildman–Crippen MR) is 56.9 cm³/mol. The number of rotatable bonds is 6. The van der Waals surface area contributed by atoms with E-state index in [-0.39, 0.29) is 24.6 Å². The number of hydrogen-bond donors (Lipinski definition) is 0. The minimum atomic E-state index is 0. The number of ether oxygens (including phenoxy) is 1. The smallest absolute Gasteiger partial charge is 0.0585 e. The molecule has 0 rings (SSSR count).